The molecule has 11 nitrogen and oxygen atoms in total. The maximum absolute atomic E-state index is 15.0. The molecule has 0 bridgehead atoms. The van der Waals surface area contributed by atoms with Crippen LogP contribution in [0.2, 0.25) is 0 Å². The largest absolute Gasteiger partial charge is 0.470 e. The number of hydrogen-bond acceptors (Lipinski definition) is 9. The molecule has 15 heteroatoms. The number of aromatic nitrogens is 4. The van der Waals surface area contributed by atoms with E-state index >= 15 is 0 Å². The highest BCUT2D eigenvalue weighted by atomic mass is 32.2. The van der Waals surface area contributed by atoms with E-state index in [2.05, 4.69) is 20.4 Å². The third-order valence-electron chi connectivity index (χ3n) is 6.35. The van der Waals surface area contributed by atoms with E-state index in [4.69, 9.17) is 4.74 Å². The molecule has 36 heavy (non-hydrogen) atoms. The normalized spacial score (nSPS) is 28.9. The minimum atomic E-state index is -3.90. The predicted octanol–water partition coefficient (Wildman–Crippen LogP) is 1.61. The molecule has 4 atom stereocenters. The summed E-state index contributed by atoms with van der Waals surface area (Å²) in [7, 11) is -2.33. The number of nitrogens with zero attached hydrogens (tertiary/aromatic N) is 6. The number of hydrogen-bond donors (Lipinski definition) is 2. The maximum atomic E-state index is 15.0. The quantitative estimate of drug-likeness (QED) is 0.570. The summed E-state index contributed by atoms with van der Waals surface area (Å²) in [5.41, 5.74) is -1.94. The number of halogens is 3. The summed E-state index contributed by atoms with van der Waals surface area (Å²) in [4.78, 5) is 8.07. The summed E-state index contributed by atoms with van der Waals surface area (Å²) >= 11 is 0. The average Bonchev–Trinajstić information content (AvgIpc) is 3.23. The van der Waals surface area contributed by atoms with Gasteiger partial charge in [-0.05, 0) is 19.8 Å². The Morgan fingerprint density at radius 2 is 2.08 bits per heavy atom. The van der Waals surface area contributed by atoms with Gasteiger partial charge >= 0.3 is 0 Å². The number of sulfonamides is 1. The SMILES string of the molecule is Cn1cc(S(=O)(=O)N2CC[C@@H](Nc3ncc(C#N)c(O[C@@H]4CCC(F)(F)C[C@]4(C)O)n3)[C@@H](F)C2)cn1. The van der Waals surface area contributed by atoms with Gasteiger partial charge in [0.2, 0.25) is 21.9 Å². The summed E-state index contributed by atoms with van der Waals surface area (Å²) in [6.45, 7) is 0.875. The summed E-state index contributed by atoms with van der Waals surface area (Å²) in [5.74, 6) is -3.34. The molecule has 0 aromatic carbocycles. The Kier molecular flexibility index (Phi) is 6.88. The van der Waals surface area contributed by atoms with Crippen LogP contribution in [0.5, 0.6) is 5.88 Å². The van der Waals surface area contributed by atoms with Crippen LogP contribution in [0.1, 0.15) is 38.2 Å². The van der Waals surface area contributed by atoms with Crippen molar-refractivity contribution in [3.05, 3.63) is 24.2 Å². The third-order valence-corrected chi connectivity index (χ3v) is 8.17. The van der Waals surface area contributed by atoms with Crippen molar-refractivity contribution in [1.82, 2.24) is 24.1 Å². The van der Waals surface area contributed by atoms with Gasteiger partial charge < -0.3 is 15.2 Å². The first-order chi connectivity index (χ1) is 16.8. The lowest BCUT2D eigenvalue weighted by atomic mass is 9.81. The number of aliphatic hydroxyl groups is 1. The van der Waals surface area contributed by atoms with Crippen LogP contribution in [-0.2, 0) is 17.1 Å². The zero-order valence-corrected chi connectivity index (χ0v) is 20.4. The van der Waals surface area contributed by atoms with Crippen molar-refractivity contribution < 1.29 is 31.4 Å². The van der Waals surface area contributed by atoms with Gasteiger partial charge in [-0.1, -0.05) is 0 Å². The number of nitriles is 1. The number of alkyl halides is 3. The topological polar surface area (TPSA) is 146 Å². The van der Waals surface area contributed by atoms with Crippen molar-refractivity contribution in [1.29, 1.82) is 5.26 Å². The first-order valence-corrected chi connectivity index (χ1v) is 12.7. The highest BCUT2D eigenvalue weighted by Crippen LogP contribution is 2.41. The van der Waals surface area contributed by atoms with Gasteiger partial charge in [-0.2, -0.15) is 19.6 Å². The smallest absolute Gasteiger partial charge is 0.251 e. The molecule has 3 heterocycles. The fraction of sp³-hybridized carbons (Fsp3) is 0.619. The molecule has 2 N–H and O–H groups in total. The van der Waals surface area contributed by atoms with E-state index < -0.39 is 59.3 Å². The Balaban J connectivity index is 1.45. The molecule has 1 saturated carbocycles. The Labute approximate surface area is 205 Å². The monoisotopic (exact) mass is 529 g/mol. The minimum Gasteiger partial charge on any atom is -0.470 e. The van der Waals surface area contributed by atoms with E-state index in [9.17, 15) is 32.0 Å². The Bertz CT molecular complexity index is 1260. The molecule has 2 aliphatic rings. The highest BCUT2D eigenvalue weighted by Gasteiger charge is 2.49. The molecule has 1 aliphatic carbocycles. The van der Waals surface area contributed by atoms with Gasteiger partial charge in [-0.3, -0.25) is 4.68 Å². The van der Waals surface area contributed by atoms with E-state index in [-0.39, 0.29) is 41.7 Å². The van der Waals surface area contributed by atoms with E-state index in [0.717, 1.165) is 10.5 Å². The van der Waals surface area contributed by atoms with Crippen LogP contribution in [-0.4, -0.2) is 80.5 Å². The molecule has 2 aromatic rings. The van der Waals surface area contributed by atoms with Crippen LogP contribution in [0.3, 0.4) is 0 Å². The number of aryl methyl sites for hydroxylation is 1. The van der Waals surface area contributed by atoms with Crippen molar-refractivity contribution in [3.8, 4) is 11.9 Å². The molecule has 2 aromatic heterocycles. The van der Waals surface area contributed by atoms with Crippen LogP contribution in [0, 0.1) is 11.3 Å². The summed E-state index contributed by atoms with van der Waals surface area (Å²) < 4.78 is 76.0. The van der Waals surface area contributed by atoms with Gasteiger partial charge in [0.25, 0.3) is 5.92 Å². The summed E-state index contributed by atoms with van der Waals surface area (Å²) in [6.07, 6.45) is -0.305. The molecular formula is C21H26F3N7O4S. The molecule has 0 radical (unpaired) electrons. The molecule has 2 fully saturated rings. The van der Waals surface area contributed by atoms with Gasteiger partial charge in [0.05, 0.1) is 18.4 Å². The van der Waals surface area contributed by atoms with Gasteiger partial charge in [-0.15, -0.1) is 0 Å². The number of anilines is 1. The van der Waals surface area contributed by atoms with Gasteiger partial charge in [0.15, 0.2) is 0 Å². The van der Waals surface area contributed by atoms with Gasteiger partial charge in [0, 0.05) is 39.2 Å². The third kappa shape index (κ3) is 5.40. The van der Waals surface area contributed by atoms with Crippen LogP contribution in [0.25, 0.3) is 0 Å². The Hall–Kier alpha value is -2.96. The fourth-order valence-electron chi connectivity index (χ4n) is 4.41. The summed E-state index contributed by atoms with van der Waals surface area (Å²) in [6, 6.07) is 1.02. The maximum Gasteiger partial charge on any atom is 0.251 e. The van der Waals surface area contributed by atoms with Crippen molar-refractivity contribution in [2.75, 3.05) is 18.4 Å². The lowest BCUT2D eigenvalue weighted by molar-refractivity contribution is -0.162. The van der Waals surface area contributed by atoms with Gasteiger partial charge in [0.1, 0.15) is 34.4 Å². The molecule has 196 valence electrons. The molecule has 1 saturated heterocycles. The molecule has 0 spiro atoms. The highest BCUT2D eigenvalue weighted by molar-refractivity contribution is 7.89. The second-order valence-corrected chi connectivity index (χ2v) is 11.3. The van der Waals surface area contributed by atoms with Crippen molar-refractivity contribution >= 4 is 16.0 Å². The van der Waals surface area contributed by atoms with Gasteiger partial charge in [-0.25, -0.2) is 26.6 Å². The molecule has 0 amide bonds. The number of rotatable bonds is 6. The Morgan fingerprint density at radius 1 is 1.33 bits per heavy atom. The van der Waals surface area contributed by atoms with Crippen molar-refractivity contribution in [3.63, 3.8) is 0 Å². The van der Waals surface area contributed by atoms with E-state index in [1.807, 2.05) is 6.07 Å². The first kappa shape index (κ1) is 26.1. The minimum absolute atomic E-state index is 0.0304. The van der Waals surface area contributed by atoms with Crippen LogP contribution in [0.4, 0.5) is 19.1 Å². The zero-order chi connectivity index (χ0) is 26.3. The Morgan fingerprint density at radius 3 is 2.69 bits per heavy atom. The van der Waals surface area contributed by atoms with E-state index in [0.29, 0.717) is 0 Å². The molecular weight excluding hydrogens is 503 g/mol. The number of nitrogens with one attached hydrogen (secondary N) is 1. The summed E-state index contributed by atoms with van der Waals surface area (Å²) in [5, 5.41) is 26.5. The van der Waals surface area contributed by atoms with Crippen LogP contribution < -0.4 is 10.1 Å². The van der Waals surface area contributed by atoms with Crippen molar-refractivity contribution in [2.24, 2.45) is 7.05 Å². The average molecular weight is 530 g/mol. The van der Waals surface area contributed by atoms with E-state index in [1.165, 1.54) is 24.0 Å². The molecule has 0 unspecified atom stereocenters. The molecule has 1 aliphatic heterocycles. The fourth-order valence-corrected chi connectivity index (χ4v) is 5.86. The number of piperidine rings is 1. The first-order valence-electron chi connectivity index (χ1n) is 11.2. The second kappa shape index (κ2) is 9.49. The lowest BCUT2D eigenvalue weighted by Gasteiger charge is -2.40. The lowest BCUT2D eigenvalue weighted by Crippen LogP contribution is -2.51. The predicted molar refractivity (Wildman–Crippen MR) is 119 cm³/mol. The second-order valence-electron chi connectivity index (χ2n) is 9.33. The van der Waals surface area contributed by atoms with E-state index in [1.54, 1.807) is 7.05 Å². The zero-order valence-electron chi connectivity index (χ0n) is 19.6. The van der Waals surface area contributed by atoms with Crippen LogP contribution >= 0.6 is 0 Å². The standard InChI is InChI=1S/C21H26F3N7O4S/c1-20(32)12-21(23,24)5-3-17(20)35-18-13(7-25)8-26-19(29-18)28-16-4-6-31(11-15(16)22)36(33,34)14-9-27-30(2)10-14/h8-10,15-17,32H,3-6,11-12H2,1-2H3,(H,26,28,29)/t15-,16+,17+,20-/m0/s1. The van der Waals surface area contributed by atoms with Crippen molar-refractivity contribution in [2.45, 2.75) is 67.3 Å². The molecule has 4 rings (SSSR count). The number of ether oxygens (including phenoxy) is 1. The van der Waals surface area contributed by atoms with Crippen LogP contribution in [0.15, 0.2) is 23.5 Å².